The van der Waals surface area contributed by atoms with Crippen LogP contribution in [0.3, 0.4) is 0 Å². The molecule has 1 aromatic heterocycles. The van der Waals surface area contributed by atoms with E-state index in [1.807, 2.05) is 13.1 Å². The summed E-state index contributed by atoms with van der Waals surface area (Å²) in [7, 11) is 2.01. The van der Waals surface area contributed by atoms with Crippen LogP contribution in [-0.4, -0.2) is 23.6 Å². The molecule has 0 spiro atoms. The average Bonchev–Trinajstić information content (AvgIpc) is 2.58. The number of nitrogens with zero attached hydrogens (tertiary/aromatic N) is 3. The predicted octanol–water partition coefficient (Wildman–Crippen LogP) is 2.30. The minimum Gasteiger partial charge on any atom is -0.355 e. The standard InChI is InChI=1S/C15H22N4/c1-14(2)12(7-8-15(14,3)17)19(4)13-11(10-16)6-5-9-18-13/h5-6,9,12H,7-8,17H2,1-4H3/t12-,15+/m0/s1. The van der Waals surface area contributed by atoms with E-state index in [-0.39, 0.29) is 11.0 Å². The summed E-state index contributed by atoms with van der Waals surface area (Å²) < 4.78 is 0. The maximum atomic E-state index is 9.20. The van der Waals surface area contributed by atoms with Crippen molar-refractivity contribution in [1.29, 1.82) is 5.26 Å². The van der Waals surface area contributed by atoms with E-state index in [4.69, 9.17) is 5.73 Å². The fraction of sp³-hybridized carbons (Fsp3) is 0.600. The fourth-order valence-corrected chi connectivity index (χ4v) is 3.09. The Hall–Kier alpha value is -1.60. The van der Waals surface area contributed by atoms with E-state index in [2.05, 4.69) is 36.7 Å². The van der Waals surface area contributed by atoms with Crippen molar-refractivity contribution in [2.75, 3.05) is 11.9 Å². The van der Waals surface area contributed by atoms with Crippen LogP contribution >= 0.6 is 0 Å². The van der Waals surface area contributed by atoms with E-state index in [0.717, 1.165) is 18.7 Å². The van der Waals surface area contributed by atoms with Crippen molar-refractivity contribution in [2.24, 2.45) is 11.1 Å². The zero-order chi connectivity index (χ0) is 14.3. The molecule has 102 valence electrons. The Kier molecular flexibility index (Phi) is 3.27. The Balaban J connectivity index is 2.36. The molecular weight excluding hydrogens is 236 g/mol. The van der Waals surface area contributed by atoms with Gasteiger partial charge in [0.1, 0.15) is 11.9 Å². The Morgan fingerprint density at radius 3 is 2.68 bits per heavy atom. The van der Waals surface area contributed by atoms with Gasteiger partial charge in [-0.05, 0) is 31.9 Å². The molecule has 0 radical (unpaired) electrons. The lowest BCUT2D eigenvalue weighted by molar-refractivity contribution is 0.203. The highest BCUT2D eigenvalue weighted by molar-refractivity contribution is 5.54. The van der Waals surface area contributed by atoms with Crippen LogP contribution in [-0.2, 0) is 0 Å². The van der Waals surface area contributed by atoms with E-state index in [0.29, 0.717) is 11.6 Å². The van der Waals surface area contributed by atoms with Crippen molar-refractivity contribution >= 4 is 5.82 Å². The molecule has 4 nitrogen and oxygen atoms in total. The molecule has 0 saturated heterocycles. The maximum Gasteiger partial charge on any atom is 0.146 e. The molecule has 19 heavy (non-hydrogen) atoms. The first-order valence-electron chi connectivity index (χ1n) is 6.68. The normalized spacial score (nSPS) is 28.9. The zero-order valence-electron chi connectivity index (χ0n) is 12.1. The van der Waals surface area contributed by atoms with Gasteiger partial charge in [0.25, 0.3) is 0 Å². The van der Waals surface area contributed by atoms with Gasteiger partial charge in [-0.1, -0.05) is 13.8 Å². The van der Waals surface area contributed by atoms with Crippen LogP contribution < -0.4 is 10.6 Å². The second-order valence-electron chi connectivity index (χ2n) is 6.29. The van der Waals surface area contributed by atoms with Crippen LogP contribution in [0.4, 0.5) is 5.82 Å². The summed E-state index contributed by atoms with van der Waals surface area (Å²) in [5, 5.41) is 9.20. The zero-order valence-corrected chi connectivity index (χ0v) is 12.1. The number of pyridine rings is 1. The Labute approximate surface area is 115 Å². The Bertz CT molecular complexity index is 513. The summed E-state index contributed by atoms with van der Waals surface area (Å²) in [5.41, 5.74) is 6.83. The van der Waals surface area contributed by atoms with Crippen molar-refractivity contribution < 1.29 is 0 Å². The van der Waals surface area contributed by atoms with E-state index in [1.54, 1.807) is 12.3 Å². The van der Waals surface area contributed by atoms with Gasteiger partial charge in [-0.25, -0.2) is 4.98 Å². The third-order valence-corrected chi connectivity index (χ3v) is 4.95. The van der Waals surface area contributed by atoms with Gasteiger partial charge in [0.05, 0.1) is 5.56 Å². The molecule has 0 aromatic carbocycles. The molecule has 0 aliphatic heterocycles. The highest BCUT2D eigenvalue weighted by Crippen LogP contribution is 2.47. The van der Waals surface area contributed by atoms with Gasteiger partial charge < -0.3 is 10.6 Å². The molecule has 1 heterocycles. The number of hydrogen-bond acceptors (Lipinski definition) is 4. The van der Waals surface area contributed by atoms with Crippen molar-refractivity contribution in [3.05, 3.63) is 23.9 Å². The van der Waals surface area contributed by atoms with E-state index in [9.17, 15) is 5.26 Å². The number of hydrogen-bond donors (Lipinski definition) is 1. The second kappa shape index (κ2) is 4.50. The predicted molar refractivity (Wildman–Crippen MR) is 76.8 cm³/mol. The van der Waals surface area contributed by atoms with Crippen LogP contribution in [0, 0.1) is 16.7 Å². The third-order valence-electron chi connectivity index (χ3n) is 4.95. The number of aromatic nitrogens is 1. The molecule has 2 N–H and O–H groups in total. The SMILES string of the molecule is CN(c1ncccc1C#N)[C@H]1CC[C@@](C)(N)C1(C)C. The molecule has 1 aromatic rings. The highest BCUT2D eigenvalue weighted by atomic mass is 15.2. The number of anilines is 1. The molecule has 1 aliphatic rings. The summed E-state index contributed by atoms with van der Waals surface area (Å²) in [4.78, 5) is 6.49. The van der Waals surface area contributed by atoms with Gasteiger partial charge in [0, 0.05) is 30.2 Å². The molecule has 0 bridgehead atoms. The number of nitrogens with two attached hydrogens (primary N) is 1. The van der Waals surface area contributed by atoms with Gasteiger partial charge in [0.2, 0.25) is 0 Å². The van der Waals surface area contributed by atoms with E-state index in [1.165, 1.54) is 0 Å². The summed E-state index contributed by atoms with van der Waals surface area (Å²) in [6, 6.07) is 6.11. The molecule has 1 aliphatic carbocycles. The van der Waals surface area contributed by atoms with Crippen LogP contribution in [0.1, 0.15) is 39.2 Å². The molecule has 0 amide bonds. The topological polar surface area (TPSA) is 65.9 Å². The molecule has 1 fully saturated rings. The largest absolute Gasteiger partial charge is 0.355 e. The van der Waals surface area contributed by atoms with Crippen LogP contribution in [0.5, 0.6) is 0 Å². The minimum absolute atomic E-state index is 0.0218. The quantitative estimate of drug-likeness (QED) is 0.884. The molecule has 2 atom stereocenters. The molecule has 1 saturated carbocycles. The Morgan fingerprint density at radius 2 is 2.16 bits per heavy atom. The smallest absolute Gasteiger partial charge is 0.146 e. The molecular formula is C15H22N4. The van der Waals surface area contributed by atoms with Gasteiger partial charge in [-0.3, -0.25) is 0 Å². The first kappa shape index (κ1) is 13.8. The summed E-state index contributed by atoms with van der Waals surface area (Å²) in [6.45, 7) is 6.52. The van der Waals surface area contributed by atoms with Gasteiger partial charge in [0.15, 0.2) is 0 Å². The second-order valence-corrected chi connectivity index (χ2v) is 6.29. The highest BCUT2D eigenvalue weighted by Gasteiger charge is 2.51. The lowest BCUT2D eigenvalue weighted by Gasteiger charge is -2.42. The fourth-order valence-electron chi connectivity index (χ4n) is 3.09. The monoisotopic (exact) mass is 258 g/mol. The summed E-state index contributed by atoms with van der Waals surface area (Å²) in [5.74, 6) is 0.751. The van der Waals surface area contributed by atoms with Crippen molar-refractivity contribution in [1.82, 2.24) is 4.98 Å². The first-order valence-corrected chi connectivity index (χ1v) is 6.68. The van der Waals surface area contributed by atoms with Crippen LogP contribution in [0.2, 0.25) is 0 Å². The van der Waals surface area contributed by atoms with Gasteiger partial charge >= 0.3 is 0 Å². The summed E-state index contributed by atoms with van der Waals surface area (Å²) >= 11 is 0. The van der Waals surface area contributed by atoms with Gasteiger partial charge in [-0.2, -0.15) is 5.26 Å². The van der Waals surface area contributed by atoms with E-state index < -0.39 is 0 Å². The molecule has 2 rings (SSSR count). The minimum atomic E-state index is -0.187. The van der Waals surface area contributed by atoms with Crippen molar-refractivity contribution in [3.63, 3.8) is 0 Å². The lowest BCUT2D eigenvalue weighted by Crippen LogP contribution is -2.53. The molecule has 0 unspecified atom stereocenters. The van der Waals surface area contributed by atoms with Crippen molar-refractivity contribution in [2.45, 2.75) is 45.2 Å². The average molecular weight is 258 g/mol. The Morgan fingerprint density at radius 1 is 1.47 bits per heavy atom. The lowest BCUT2D eigenvalue weighted by atomic mass is 9.74. The van der Waals surface area contributed by atoms with Crippen LogP contribution in [0.25, 0.3) is 0 Å². The summed E-state index contributed by atoms with van der Waals surface area (Å²) in [6.07, 6.45) is 3.75. The number of rotatable bonds is 2. The van der Waals surface area contributed by atoms with Crippen molar-refractivity contribution in [3.8, 4) is 6.07 Å². The maximum absolute atomic E-state index is 9.20. The third kappa shape index (κ3) is 2.08. The van der Waals surface area contributed by atoms with Crippen LogP contribution in [0.15, 0.2) is 18.3 Å². The van der Waals surface area contributed by atoms with E-state index >= 15 is 0 Å². The molecule has 4 heteroatoms. The first-order chi connectivity index (χ1) is 8.81. The number of nitriles is 1. The van der Waals surface area contributed by atoms with Gasteiger partial charge in [-0.15, -0.1) is 0 Å².